The summed E-state index contributed by atoms with van der Waals surface area (Å²) in [6, 6.07) is 7.31. The van der Waals surface area contributed by atoms with Crippen LogP contribution in [-0.4, -0.2) is 36.9 Å². The van der Waals surface area contributed by atoms with E-state index in [1.54, 1.807) is 13.1 Å². The van der Waals surface area contributed by atoms with Crippen molar-refractivity contribution in [1.82, 2.24) is 4.90 Å². The average Bonchev–Trinajstić information content (AvgIpc) is 2.46. The SMILES string of the molecule is CC(=O)N(C)c1ccccc1C(=O)N1CCCCC1. The van der Waals surface area contributed by atoms with E-state index in [1.165, 1.54) is 18.2 Å². The van der Waals surface area contributed by atoms with Crippen LogP contribution in [0.25, 0.3) is 0 Å². The van der Waals surface area contributed by atoms with E-state index in [0.29, 0.717) is 11.3 Å². The molecule has 2 rings (SSSR count). The monoisotopic (exact) mass is 260 g/mol. The van der Waals surface area contributed by atoms with Crippen LogP contribution in [0.5, 0.6) is 0 Å². The first-order valence-corrected chi connectivity index (χ1v) is 6.74. The Morgan fingerprint density at radius 3 is 2.37 bits per heavy atom. The van der Waals surface area contributed by atoms with Gasteiger partial charge in [-0.3, -0.25) is 9.59 Å². The normalized spacial score (nSPS) is 15.2. The van der Waals surface area contributed by atoms with E-state index in [-0.39, 0.29) is 11.8 Å². The maximum absolute atomic E-state index is 12.5. The van der Waals surface area contributed by atoms with Crippen molar-refractivity contribution in [3.05, 3.63) is 29.8 Å². The number of para-hydroxylation sites is 1. The Bertz CT molecular complexity index is 479. The number of hydrogen-bond donors (Lipinski definition) is 0. The highest BCUT2D eigenvalue weighted by Gasteiger charge is 2.22. The van der Waals surface area contributed by atoms with E-state index in [4.69, 9.17) is 0 Å². The van der Waals surface area contributed by atoms with Crippen LogP contribution in [0.2, 0.25) is 0 Å². The third-order valence-corrected chi connectivity index (χ3v) is 3.61. The van der Waals surface area contributed by atoms with Crippen molar-refractivity contribution in [2.24, 2.45) is 0 Å². The average molecular weight is 260 g/mol. The summed E-state index contributed by atoms with van der Waals surface area (Å²) >= 11 is 0. The van der Waals surface area contributed by atoms with Gasteiger partial charge in [-0.2, -0.15) is 0 Å². The lowest BCUT2D eigenvalue weighted by Crippen LogP contribution is -2.37. The minimum Gasteiger partial charge on any atom is -0.339 e. The summed E-state index contributed by atoms with van der Waals surface area (Å²) in [5.41, 5.74) is 1.30. The quantitative estimate of drug-likeness (QED) is 0.818. The van der Waals surface area contributed by atoms with Crippen LogP contribution in [0.1, 0.15) is 36.5 Å². The van der Waals surface area contributed by atoms with Crippen molar-refractivity contribution >= 4 is 17.5 Å². The van der Waals surface area contributed by atoms with E-state index < -0.39 is 0 Å². The Morgan fingerprint density at radius 2 is 1.74 bits per heavy atom. The molecule has 0 saturated carbocycles. The van der Waals surface area contributed by atoms with Gasteiger partial charge in [0, 0.05) is 27.1 Å². The van der Waals surface area contributed by atoms with Gasteiger partial charge in [-0.15, -0.1) is 0 Å². The van der Waals surface area contributed by atoms with E-state index in [0.717, 1.165) is 25.9 Å². The molecule has 4 heteroatoms. The molecule has 0 atom stereocenters. The number of amides is 2. The van der Waals surface area contributed by atoms with Crippen LogP contribution < -0.4 is 4.90 Å². The number of carbonyl (C=O) groups is 2. The highest BCUT2D eigenvalue weighted by atomic mass is 16.2. The molecule has 1 heterocycles. The lowest BCUT2D eigenvalue weighted by Gasteiger charge is -2.28. The fourth-order valence-electron chi connectivity index (χ4n) is 2.38. The molecule has 0 bridgehead atoms. The van der Waals surface area contributed by atoms with Gasteiger partial charge < -0.3 is 9.80 Å². The van der Waals surface area contributed by atoms with Crippen molar-refractivity contribution in [1.29, 1.82) is 0 Å². The molecule has 102 valence electrons. The van der Waals surface area contributed by atoms with E-state index >= 15 is 0 Å². The Balaban J connectivity index is 2.28. The first-order chi connectivity index (χ1) is 9.11. The summed E-state index contributed by atoms with van der Waals surface area (Å²) in [6.07, 6.45) is 3.33. The maximum atomic E-state index is 12.5. The van der Waals surface area contributed by atoms with Crippen LogP contribution in [0.4, 0.5) is 5.69 Å². The zero-order valence-corrected chi connectivity index (χ0v) is 11.6. The van der Waals surface area contributed by atoms with Crippen LogP contribution in [0.15, 0.2) is 24.3 Å². The molecule has 1 aliphatic rings. The van der Waals surface area contributed by atoms with E-state index in [2.05, 4.69) is 0 Å². The number of anilines is 1. The van der Waals surface area contributed by atoms with Gasteiger partial charge in [0.25, 0.3) is 5.91 Å². The predicted octanol–water partition coefficient (Wildman–Crippen LogP) is 2.30. The van der Waals surface area contributed by atoms with Crippen LogP contribution in [0, 0.1) is 0 Å². The number of benzene rings is 1. The topological polar surface area (TPSA) is 40.6 Å². The molecule has 19 heavy (non-hydrogen) atoms. The number of piperidine rings is 1. The van der Waals surface area contributed by atoms with Crippen LogP contribution in [-0.2, 0) is 4.79 Å². The van der Waals surface area contributed by atoms with Crippen molar-refractivity contribution in [2.45, 2.75) is 26.2 Å². The van der Waals surface area contributed by atoms with Gasteiger partial charge in [-0.25, -0.2) is 0 Å². The van der Waals surface area contributed by atoms with E-state index in [9.17, 15) is 9.59 Å². The smallest absolute Gasteiger partial charge is 0.255 e. The molecule has 0 radical (unpaired) electrons. The summed E-state index contributed by atoms with van der Waals surface area (Å²) in [7, 11) is 1.70. The third-order valence-electron chi connectivity index (χ3n) is 3.61. The molecule has 1 fully saturated rings. The van der Waals surface area contributed by atoms with E-state index in [1.807, 2.05) is 23.1 Å². The first-order valence-electron chi connectivity index (χ1n) is 6.74. The standard InChI is InChI=1S/C15H20N2O2/c1-12(18)16(2)14-9-5-4-8-13(14)15(19)17-10-6-3-7-11-17/h4-5,8-9H,3,6-7,10-11H2,1-2H3. The van der Waals surface area contributed by atoms with Gasteiger partial charge in [0.2, 0.25) is 5.91 Å². The second kappa shape index (κ2) is 5.87. The molecular weight excluding hydrogens is 240 g/mol. The molecule has 0 aromatic heterocycles. The summed E-state index contributed by atoms with van der Waals surface area (Å²) in [5, 5.41) is 0. The number of hydrogen-bond acceptors (Lipinski definition) is 2. The molecule has 0 N–H and O–H groups in total. The van der Waals surface area contributed by atoms with Crippen LogP contribution in [0.3, 0.4) is 0 Å². The van der Waals surface area contributed by atoms with Gasteiger partial charge in [-0.05, 0) is 31.4 Å². The molecule has 2 amide bonds. The number of carbonyl (C=O) groups excluding carboxylic acids is 2. The van der Waals surface area contributed by atoms with Gasteiger partial charge in [-0.1, -0.05) is 12.1 Å². The fourth-order valence-corrected chi connectivity index (χ4v) is 2.38. The highest BCUT2D eigenvalue weighted by molar-refractivity contribution is 6.04. The minimum atomic E-state index is -0.0705. The Hall–Kier alpha value is -1.84. The minimum absolute atomic E-state index is 0.0309. The van der Waals surface area contributed by atoms with Crippen molar-refractivity contribution in [3.63, 3.8) is 0 Å². The molecule has 0 unspecified atom stereocenters. The molecule has 1 aromatic carbocycles. The van der Waals surface area contributed by atoms with Gasteiger partial charge in [0.05, 0.1) is 11.3 Å². The molecule has 1 aromatic rings. The highest BCUT2D eigenvalue weighted by Crippen LogP contribution is 2.22. The first kappa shape index (κ1) is 13.6. The lowest BCUT2D eigenvalue weighted by molar-refractivity contribution is -0.116. The number of rotatable bonds is 2. The van der Waals surface area contributed by atoms with Crippen LogP contribution >= 0.6 is 0 Å². The zero-order valence-electron chi connectivity index (χ0n) is 11.6. The maximum Gasteiger partial charge on any atom is 0.255 e. The summed E-state index contributed by atoms with van der Waals surface area (Å²) in [4.78, 5) is 27.4. The second-order valence-electron chi connectivity index (χ2n) is 4.95. The third kappa shape index (κ3) is 2.95. The van der Waals surface area contributed by atoms with Gasteiger partial charge >= 0.3 is 0 Å². The van der Waals surface area contributed by atoms with Crippen molar-refractivity contribution < 1.29 is 9.59 Å². The Morgan fingerprint density at radius 1 is 1.11 bits per heavy atom. The molecule has 1 saturated heterocycles. The molecule has 4 nitrogen and oxygen atoms in total. The molecular formula is C15H20N2O2. The summed E-state index contributed by atoms with van der Waals surface area (Å²) < 4.78 is 0. The van der Waals surface area contributed by atoms with Gasteiger partial charge in [0.15, 0.2) is 0 Å². The predicted molar refractivity (Wildman–Crippen MR) is 75.3 cm³/mol. The van der Waals surface area contributed by atoms with Crippen molar-refractivity contribution in [2.75, 3.05) is 25.0 Å². The molecule has 1 aliphatic heterocycles. The van der Waals surface area contributed by atoms with Gasteiger partial charge in [0.1, 0.15) is 0 Å². The molecule has 0 aliphatic carbocycles. The largest absolute Gasteiger partial charge is 0.339 e. The number of likely N-dealkylation sites (tertiary alicyclic amines) is 1. The lowest BCUT2D eigenvalue weighted by atomic mass is 10.1. The van der Waals surface area contributed by atoms with Crippen molar-refractivity contribution in [3.8, 4) is 0 Å². The second-order valence-corrected chi connectivity index (χ2v) is 4.95. The summed E-state index contributed by atoms with van der Waals surface area (Å²) in [6.45, 7) is 3.13. The summed E-state index contributed by atoms with van der Waals surface area (Å²) in [5.74, 6) is -0.0395. The fraction of sp³-hybridized carbons (Fsp3) is 0.467. The Kier molecular flexibility index (Phi) is 4.20. The number of nitrogens with zero attached hydrogens (tertiary/aromatic N) is 2. The molecule has 0 spiro atoms. The zero-order chi connectivity index (χ0) is 13.8. The Labute approximate surface area is 114 Å².